The van der Waals surface area contributed by atoms with E-state index in [9.17, 15) is 0 Å². The highest BCUT2D eigenvalue weighted by molar-refractivity contribution is 6.17. The van der Waals surface area contributed by atoms with E-state index in [2.05, 4.69) is 46.0 Å². The van der Waals surface area contributed by atoms with E-state index in [1.807, 2.05) is 0 Å². The van der Waals surface area contributed by atoms with Crippen LogP contribution in [0.25, 0.3) is 0 Å². The SMILES string of the molecule is COc1c(C)cc(C(C)(C)CNCCl)c(C)c1C. The van der Waals surface area contributed by atoms with Crippen LogP contribution < -0.4 is 10.1 Å². The van der Waals surface area contributed by atoms with Gasteiger partial charge >= 0.3 is 0 Å². The maximum absolute atomic E-state index is 5.71. The first-order chi connectivity index (χ1) is 8.35. The van der Waals surface area contributed by atoms with Gasteiger partial charge in [0.25, 0.3) is 0 Å². The van der Waals surface area contributed by atoms with Crippen molar-refractivity contribution in [3.8, 4) is 5.75 Å². The number of hydrogen-bond acceptors (Lipinski definition) is 2. The molecule has 0 amide bonds. The number of rotatable bonds is 5. The van der Waals surface area contributed by atoms with Gasteiger partial charge < -0.3 is 10.1 Å². The van der Waals surface area contributed by atoms with Crippen LogP contribution in [0.4, 0.5) is 0 Å². The second-order valence-corrected chi connectivity index (χ2v) is 5.74. The van der Waals surface area contributed by atoms with E-state index in [4.69, 9.17) is 16.3 Å². The van der Waals surface area contributed by atoms with Crippen molar-refractivity contribution in [3.05, 3.63) is 28.3 Å². The zero-order valence-electron chi connectivity index (χ0n) is 12.3. The molecule has 18 heavy (non-hydrogen) atoms. The van der Waals surface area contributed by atoms with E-state index in [0.29, 0.717) is 6.00 Å². The van der Waals surface area contributed by atoms with Crippen molar-refractivity contribution in [2.75, 3.05) is 19.7 Å². The van der Waals surface area contributed by atoms with Gasteiger partial charge in [-0.2, -0.15) is 0 Å². The minimum Gasteiger partial charge on any atom is -0.496 e. The molecule has 3 heteroatoms. The summed E-state index contributed by atoms with van der Waals surface area (Å²) in [7, 11) is 1.73. The van der Waals surface area contributed by atoms with Crippen molar-refractivity contribution in [1.29, 1.82) is 0 Å². The van der Waals surface area contributed by atoms with E-state index >= 15 is 0 Å². The Morgan fingerprint density at radius 1 is 1.22 bits per heavy atom. The molecular weight excluding hydrogens is 246 g/mol. The van der Waals surface area contributed by atoms with Crippen molar-refractivity contribution in [2.45, 2.75) is 40.0 Å². The molecule has 1 rings (SSSR count). The summed E-state index contributed by atoms with van der Waals surface area (Å²) in [6.07, 6.45) is 0. The van der Waals surface area contributed by atoms with Gasteiger partial charge in [0.1, 0.15) is 5.75 Å². The molecule has 1 aromatic rings. The zero-order valence-corrected chi connectivity index (χ0v) is 13.0. The average molecular weight is 270 g/mol. The van der Waals surface area contributed by atoms with Gasteiger partial charge in [-0.05, 0) is 43.0 Å². The molecule has 0 aliphatic rings. The highest BCUT2D eigenvalue weighted by Gasteiger charge is 2.24. The van der Waals surface area contributed by atoms with Crippen LogP contribution in [0.1, 0.15) is 36.1 Å². The summed E-state index contributed by atoms with van der Waals surface area (Å²) < 4.78 is 5.47. The first-order valence-electron chi connectivity index (χ1n) is 6.27. The summed E-state index contributed by atoms with van der Waals surface area (Å²) in [5.41, 5.74) is 5.14. The minimum absolute atomic E-state index is 0.0563. The first-order valence-corrected chi connectivity index (χ1v) is 6.80. The van der Waals surface area contributed by atoms with Crippen LogP contribution in [-0.4, -0.2) is 19.7 Å². The molecule has 0 aliphatic heterocycles. The van der Waals surface area contributed by atoms with E-state index in [0.717, 1.165) is 12.3 Å². The normalized spacial score (nSPS) is 11.7. The average Bonchev–Trinajstić information content (AvgIpc) is 2.32. The molecule has 102 valence electrons. The van der Waals surface area contributed by atoms with Crippen molar-refractivity contribution >= 4 is 11.6 Å². The lowest BCUT2D eigenvalue weighted by atomic mass is 9.79. The number of hydrogen-bond donors (Lipinski definition) is 1. The summed E-state index contributed by atoms with van der Waals surface area (Å²) in [5.74, 6) is 0.998. The fraction of sp³-hybridized carbons (Fsp3) is 0.600. The van der Waals surface area contributed by atoms with Gasteiger partial charge in [-0.1, -0.05) is 19.9 Å². The van der Waals surface area contributed by atoms with Crippen LogP contribution >= 0.6 is 11.6 Å². The molecule has 0 saturated carbocycles. The van der Waals surface area contributed by atoms with Crippen LogP contribution in [-0.2, 0) is 5.41 Å². The highest BCUT2D eigenvalue weighted by atomic mass is 35.5. The molecule has 0 atom stereocenters. The Labute approximate surface area is 116 Å². The molecular formula is C15H24ClNO. The molecule has 0 heterocycles. The second-order valence-electron chi connectivity index (χ2n) is 5.47. The lowest BCUT2D eigenvalue weighted by Gasteiger charge is -2.29. The predicted molar refractivity (Wildman–Crippen MR) is 79.0 cm³/mol. The topological polar surface area (TPSA) is 21.3 Å². The number of benzene rings is 1. The molecule has 0 unspecified atom stereocenters. The predicted octanol–water partition coefficient (Wildman–Crippen LogP) is 3.68. The second kappa shape index (κ2) is 5.94. The summed E-state index contributed by atoms with van der Waals surface area (Å²) in [6.45, 7) is 11.7. The Morgan fingerprint density at radius 2 is 1.83 bits per heavy atom. The largest absolute Gasteiger partial charge is 0.496 e. The Bertz CT molecular complexity index is 427. The summed E-state index contributed by atoms with van der Waals surface area (Å²) in [4.78, 5) is 0. The fourth-order valence-electron chi connectivity index (χ4n) is 2.53. The lowest BCUT2D eigenvalue weighted by Crippen LogP contribution is -2.33. The summed E-state index contributed by atoms with van der Waals surface area (Å²) in [6, 6.07) is 2.72. The number of ether oxygens (including phenoxy) is 1. The Hall–Kier alpha value is -0.730. The van der Waals surface area contributed by atoms with Crippen molar-refractivity contribution < 1.29 is 4.74 Å². The van der Waals surface area contributed by atoms with Crippen molar-refractivity contribution in [2.24, 2.45) is 0 Å². The van der Waals surface area contributed by atoms with E-state index in [1.165, 1.54) is 22.3 Å². The van der Waals surface area contributed by atoms with E-state index < -0.39 is 0 Å². The molecule has 0 bridgehead atoms. The zero-order chi connectivity index (χ0) is 13.9. The molecule has 2 nitrogen and oxygen atoms in total. The van der Waals surface area contributed by atoms with Gasteiger partial charge in [0, 0.05) is 12.0 Å². The van der Waals surface area contributed by atoms with Gasteiger partial charge in [-0.15, -0.1) is 11.6 Å². The summed E-state index contributed by atoms with van der Waals surface area (Å²) >= 11 is 5.71. The summed E-state index contributed by atoms with van der Waals surface area (Å²) in [5, 5.41) is 3.22. The molecule has 0 aromatic heterocycles. The minimum atomic E-state index is 0.0563. The van der Waals surface area contributed by atoms with Crippen LogP contribution in [0.2, 0.25) is 0 Å². The van der Waals surface area contributed by atoms with Crippen LogP contribution in [0.15, 0.2) is 6.07 Å². The molecule has 0 spiro atoms. The Balaban J connectivity index is 3.25. The Morgan fingerprint density at radius 3 is 2.33 bits per heavy atom. The monoisotopic (exact) mass is 269 g/mol. The molecule has 0 radical (unpaired) electrons. The lowest BCUT2D eigenvalue weighted by molar-refractivity contribution is 0.406. The third-order valence-corrected chi connectivity index (χ3v) is 3.81. The molecule has 0 saturated heterocycles. The van der Waals surface area contributed by atoms with Crippen molar-refractivity contribution in [3.63, 3.8) is 0 Å². The van der Waals surface area contributed by atoms with Gasteiger partial charge in [0.2, 0.25) is 0 Å². The van der Waals surface area contributed by atoms with E-state index in [-0.39, 0.29) is 5.41 Å². The molecule has 0 fully saturated rings. The highest BCUT2D eigenvalue weighted by Crippen LogP contribution is 2.34. The third kappa shape index (κ3) is 2.99. The third-order valence-electron chi connectivity index (χ3n) is 3.62. The van der Waals surface area contributed by atoms with Crippen LogP contribution in [0, 0.1) is 20.8 Å². The number of alkyl halides is 1. The molecule has 1 N–H and O–H groups in total. The first kappa shape index (κ1) is 15.3. The van der Waals surface area contributed by atoms with Crippen LogP contribution in [0.5, 0.6) is 5.75 Å². The fourth-order valence-corrected chi connectivity index (χ4v) is 2.62. The van der Waals surface area contributed by atoms with Crippen molar-refractivity contribution in [1.82, 2.24) is 5.32 Å². The molecule has 1 aromatic carbocycles. The van der Waals surface area contributed by atoms with Gasteiger partial charge in [0.05, 0.1) is 13.1 Å². The maximum atomic E-state index is 5.71. The van der Waals surface area contributed by atoms with E-state index in [1.54, 1.807) is 7.11 Å². The number of methoxy groups -OCH3 is 1. The standard InChI is InChI=1S/C15H24ClNO/c1-10-7-13(15(4,5)8-17-9-16)11(2)12(3)14(10)18-6/h7,17H,8-9H2,1-6H3. The van der Waals surface area contributed by atoms with Gasteiger partial charge in [-0.3, -0.25) is 0 Å². The number of nitrogens with one attached hydrogen (secondary N) is 1. The maximum Gasteiger partial charge on any atom is 0.124 e. The number of halogens is 1. The molecule has 0 aliphatic carbocycles. The van der Waals surface area contributed by atoms with Gasteiger partial charge in [0.15, 0.2) is 0 Å². The van der Waals surface area contributed by atoms with Crippen LogP contribution in [0.3, 0.4) is 0 Å². The number of aryl methyl sites for hydroxylation is 1. The Kier molecular flexibility index (Phi) is 5.06. The quantitative estimate of drug-likeness (QED) is 0.650. The van der Waals surface area contributed by atoms with Gasteiger partial charge in [-0.25, -0.2) is 0 Å². The smallest absolute Gasteiger partial charge is 0.124 e.